The molecular formula is C10H16O4. The van der Waals surface area contributed by atoms with Gasteiger partial charge in [0, 0.05) is 12.2 Å². The van der Waals surface area contributed by atoms with Crippen molar-refractivity contribution in [1.29, 1.82) is 0 Å². The summed E-state index contributed by atoms with van der Waals surface area (Å²) in [6.07, 6.45) is 2.33. The van der Waals surface area contributed by atoms with Crippen LogP contribution in [0.25, 0.3) is 0 Å². The second-order valence-electron chi connectivity index (χ2n) is 3.12. The second-order valence-corrected chi connectivity index (χ2v) is 3.12. The van der Waals surface area contributed by atoms with Crippen molar-refractivity contribution in [2.24, 2.45) is 0 Å². The third kappa shape index (κ3) is 22.4. The number of carbonyl (C=O) groups is 2. The van der Waals surface area contributed by atoms with Gasteiger partial charge in [0.2, 0.25) is 0 Å². The number of hydrogen-bond donors (Lipinski definition) is 2. The van der Waals surface area contributed by atoms with Crippen molar-refractivity contribution in [2.45, 2.75) is 27.7 Å². The van der Waals surface area contributed by atoms with Crippen LogP contribution in [0.15, 0.2) is 23.3 Å². The first kappa shape index (κ1) is 14.9. The van der Waals surface area contributed by atoms with Crippen LogP contribution in [0.3, 0.4) is 0 Å². The first-order chi connectivity index (χ1) is 6.25. The van der Waals surface area contributed by atoms with Crippen molar-refractivity contribution in [1.82, 2.24) is 0 Å². The quantitative estimate of drug-likeness (QED) is 0.669. The lowest BCUT2D eigenvalue weighted by molar-refractivity contribution is -0.132. The summed E-state index contributed by atoms with van der Waals surface area (Å²) in [5, 5.41) is 16.0. The third-order valence-electron chi connectivity index (χ3n) is 0.824. The molecule has 0 spiro atoms. The third-order valence-corrected chi connectivity index (χ3v) is 0.824. The maximum atomic E-state index is 9.73. The van der Waals surface area contributed by atoms with E-state index in [9.17, 15) is 9.59 Å². The van der Waals surface area contributed by atoms with Gasteiger partial charge in [-0.05, 0) is 27.7 Å². The lowest BCUT2D eigenvalue weighted by Crippen LogP contribution is -1.86. The highest BCUT2D eigenvalue weighted by molar-refractivity contribution is 5.80. The Morgan fingerprint density at radius 3 is 1.00 bits per heavy atom. The number of carboxylic acid groups (broad SMARTS) is 2. The molecule has 4 heteroatoms. The molecule has 4 nitrogen and oxygen atoms in total. The van der Waals surface area contributed by atoms with E-state index in [-0.39, 0.29) is 0 Å². The summed E-state index contributed by atoms with van der Waals surface area (Å²) in [5.41, 5.74) is 1.63. The topological polar surface area (TPSA) is 74.6 Å². The Hall–Kier alpha value is -1.58. The van der Waals surface area contributed by atoms with Gasteiger partial charge in [-0.25, -0.2) is 9.59 Å². The largest absolute Gasteiger partial charge is 0.478 e. The van der Waals surface area contributed by atoms with Crippen LogP contribution in [0.1, 0.15) is 27.7 Å². The maximum Gasteiger partial charge on any atom is 0.328 e. The zero-order valence-corrected chi connectivity index (χ0v) is 8.87. The van der Waals surface area contributed by atoms with Crippen LogP contribution in [0.2, 0.25) is 0 Å². The second kappa shape index (κ2) is 8.04. The van der Waals surface area contributed by atoms with E-state index in [4.69, 9.17) is 10.2 Å². The van der Waals surface area contributed by atoms with E-state index in [1.807, 2.05) is 0 Å². The van der Waals surface area contributed by atoms with Crippen molar-refractivity contribution in [3.8, 4) is 0 Å². The molecule has 0 rings (SSSR count). The summed E-state index contributed by atoms with van der Waals surface area (Å²) < 4.78 is 0. The monoisotopic (exact) mass is 200 g/mol. The molecule has 0 amide bonds. The van der Waals surface area contributed by atoms with Crippen LogP contribution in [-0.4, -0.2) is 22.2 Å². The standard InChI is InChI=1S/2C5H8O2/c2*1-4(2)3-5(6)7/h2*3H,1-2H3,(H,6,7). The highest BCUT2D eigenvalue weighted by Gasteiger charge is 1.84. The number of hydrogen-bond acceptors (Lipinski definition) is 2. The Balaban J connectivity index is 0. The zero-order chi connectivity index (χ0) is 11.7. The van der Waals surface area contributed by atoms with Crippen LogP contribution in [0.4, 0.5) is 0 Å². The molecule has 2 N–H and O–H groups in total. The summed E-state index contributed by atoms with van der Waals surface area (Å²) in [5.74, 6) is -1.75. The lowest BCUT2D eigenvalue weighted by Gasteiger charge is -1.79. The molecule has 0 saturated heterocycles. The van der Waals surface area contributed by atoms with Crippen molar-refractivity contribution < 1.29 is 19.8 Å². The molecular weight excluding hydrogens is 184 g/mol. The van der Waals surface area contributed by atoms with Crippen molar-refractivity contribution >= 4 is 11.9 Å². The van der Waals surface area contributed by atoms with E-state index in [1.165, 1.54) is 12.2 Å². The normalized spacial score (nSPS) is 7.71. The minimum absolute atomic E-state index is 0.813. The van der Waals surface area contributed by atoms with Gasteiger partial charge in [0.25, 0.3) is 0 Å². The SMILES string of the molecule is CC(C)=CC(=O)O.CC(C)=CC(=O)O. The lowest BCUT2D eigenvalue weighted by atomic mass is 10.3. The van der Waals surface area contributed by atoms with Gasteiger partial charge in [-0.15, -0.1) is 0 Å². The summed E-state index contributed by atoms with van der Waals surface area (Å²) >= 11 is 0. The molecule has 0 aliphatic rings. The molecule has 0 radical (unpaired) electrons. The highest BCUT2D eigenvalue weighted by Crippen LogP contribution is 1.85. The molecule has 80 valence electrons. The minimum atomic E-state index is -0.875. The molecule has 0 unspecified atom stereocenters. The van der Waals surface area contributed by atoms with Crippen LogP contribution >= 0.6 is 0 Å². The van der Waals surface area contributed by atoms with Crippen LogP contribution in [0.5, 0.6) is 0 Å². The summed E-state index contributed by atoms with van der Waals surface area (Å²) in [4.78, 5) is 19.5. The minimum Gasteiger partial charge on any atom is -0.478 e. The zero-order valence-electron chi connectivity index (χ0n) is 8.87. The number of carboxylic acids is 2. The Morgan fingerprint density at radius 1 is 0.786 bits per heavy atom. The fraction of sp³-hybridized carbons (Fsp3) is 0.400. The van der Waals surface area contributed by atoms with E-state index in [2.05, 4.69) is 0 Å². The molecule has 0 aromatic heterocycles. The van der Waals surface area contributed by atoms with Crippen LogP contribution in [0, 0.1) is 0 Å². The molecule has 0 aromatic carbocycles. The molecule has 0 aliphatic carbocycles. The predicted molar refractivity (Wildman–Crippen MR) is 54.1 cm³/mol. The predicted octanol–water partition coefficient (Wildman–Crippen LogP) is 2.07. The van der Waals surface area contributed by atoms with Gasteiger partial charge in [-0.2, -0.15) is 0 Å². The molecule has 0 heterocycles. The smallest absolute Gasteiger partial charge is 0.328 e. The number of allylic oxidation sites excluding steroid dienone is 2. The molecule has 0 bridgehead atoms. The van der Waals surface area contributed by atoms with Gasteiger partial charge in [0.1, 0.15) is 0 Å². The van der Waals surface area contributed by atoms with Gasteiger partial charge in [0.05, 0.1) is 0 Å². The Morgan fingerprint density at radius 2 is 1.00 bits per heavy atom. The average molecular weight is 200 g/mol. The fourth-order valence-electron chi connectivity index (χ4n) is 0.494. The number of aliphatic carboxylic acids is 2. The number of rotatable bonds is 2. The average Bonchev–Trinajstić information content (AvgIpc) is 1.79. The Bertz CT molecular complexity index is 225. The van der Waals surface area contributed by atoms with E-state index < -0.39 is 11.9 Å². The summed E-state index contributed by atoms with van der Waals surface area (Å²) in [7, 11) is 0. The molecule has 0 atom stereocenters. The van der Waals surface area contributed by atoms with Crippen LogP contribution in [-0.2, 0) is 9.59 Å². The van der Waals surface area contributed by atoms with Crippen molar-refractivity contribution in [3.05, 3.63) is 23.3 Å². The molecule has 0 fully saturated rings. The fourth-order valence-corrected chi connectivity index (χ4v) is 0.494. The van der Waals surface area contributed by atoms with E-state index in [0.717, 1.165) is 11.1 Å². The Labute approximate surface area is 83.6 Å². The van der Waals surface area contributed by atoms with E-state index >= 15 is 0 Å². The van der Waals surface area contributed by atoms with Crippen molar-refractivity contribution in [2.75, 3.05) is 0 Å². The highest BCUT2D eigenvalue weighted by atomic mass is 16.4. The van der Waals surface area contributed by atoms with E-state index in [0.29, 0.717) is 0 Å². The van der Waals surface area contributed by atoms with Gasteiger partial charge >= 0.3 is 11.9 Å². The maximum absolute atomic E-state index is 9.73. The van der Waals surface area contributed by atoms with Crippen LogP contribution < -0.4 is 0 Å². The summed E-state index contributed by atoms with van der Waals surface area (Å²) in [6.45, 7) is 6.98. The molecule has 14 heavy (non-hydrogen) atoms. The van der Waals surface area contributed by atoms with Gasteiger partial charge in [0.15, 0.2) is 0 Å². The first-order valence-electron chi connectivity index (χ1n) is 4.01. The van der Waals surface area contributed by atoms with Gasteiger partial charge in [-0.3, -0.25) is 0 Å². The van der Waals surface area contributed by atoms with Gasteiger partial charge < -0.3 is 10.2 Å². The molecule has 0 aromatic rings. The summed E-state index contributed by atoms with van der Waals surface area (Å²) in [6, 6.07) is 0. The van der Waals surface area contributed by atoms with Crippen molar-refractivity contribution in [3.63, 3.8) is 0 Å². The van der Waals surface area contributed by atoms with Gasteiger partial charge in [-0.1, -0.05) is 11.1 Å². The molecule has 0 saturated carbocycles. The molecule has 0 aliphatic heterocycles. The Kier molecular flexibility index (Phi) is 8.57. The first-order valence-corrected chi connectivity index (χ1v) is 4.01. The van der Waals surface area contributed by atoms with E-state index in [1.54, 1.807) is 27.7 Å².